The fourth-order valence-electron chi connectivity index (χ4n) is 2.23. The van der Waals surface area contributed by atoms with Gasteiger partial charge in [-0.05, 0) is 18.8 Å². The van der Waals surface area contributed by atoms with Crippen molar-refractivity contribution in [2.45, 2.75) is 26.7 Å². The van der Waals surface area contributed by atoms with Crippen LogP contribution in [0.5, 0.6) is 0 Å². The molecule has 0 bridgehead atoms. The van der Waals surface area contributed by atoms with Crippen LogP contribution in [-0.2, 0) is 9.53 Å². The molecule has 0 spiro atoms. The Hall–Kier alpha value is -1.05. The molecule has 1 saturated heterocycles. The summed E-state index contributed by atoms with van der Waals surface area (Å²) >= 11 is 0. The van der Waals surface area contributed by atoms with Crippen LogP contribution in [0.15, 0.2) is 23.3 Å². The second-order valence-corrected chi connectivity index (χ2v) is 4.27. The second-order valence-electron chi connectivity index (χ2n) is 4.27. The predicted molar refractivity (Wildman–Crippen MR) is 54.7 cm³/mol. The number of allylic oxidation sites excluding steroid dienone is 2. The number of ether oxygens (including phenoxy) is 1. The molecule has 2 aliphatic rings. The third-order valence-electron chi connectivity index (χ3n) is 2.98. The highest BCUT2D eigenvalue weighted by molar-refractivity contribution is 5.92. The van der Waals surface area contributed by atoms with Gasteiger partial charge in [-0.2, -0.15) is 0 Å². The fourth-order valence-corrected chi connectivity index (χ4v) is 2.23. The van der Waals surface area contributed by atoms with E-state index in [0.717, 1.165) is 18.4 Å². The summed E-state index contributed by atoms with van der Waals surface area (Å²) in [4.78, 5) is 11.6. The van der Waals surface area contributed by atoms with Crippen molar-refractivity contribution in [1.82, 2.24) is 0 Å². The van der Waals surface area contributed by atoms with Crippen molar-refractivity contribution in [1.29, 1.82) is 0 Å². The lowest BCUT2D eigenvalue weighted by atomic mass is 9.90. The molecule has 76 valence electrons. The zero-order valence-corrected chi connectivity index (χ0v) is 8.75. The second kappa shape index (κ2) is 3.60. The Morgan fingerprint density at radius 2 is 2.29 bits per heavy atom. The lowest BCUT2D eigenvalue weighted by molar-refractivity contribution is -0.135. The molecule has 1 aliphatic carbocycles. The molecule has 14 heavy (non-hydrogen) atoms. The van der Waals surface area contributed by atoms with Crippen LogP contribution in [-0.4, -0.2) is 12.6 Å². The Balaban J connectivity index is 2.42. The van der Waals surface area contributed by atoms with Gasteiger partial charge in [0.2, 0.25) is 0 Å². The largest absolute Gasteiger partial charge is 0.461 e. The number of carbonyl (C=O) groups excluding carboxylic acids is 1. The molecule has 0 radical (unpaired) electrons. The Bertz CT molecular complexity index is 310. The fraction of sp³-hybridized carbons (Fsp3) is 0.583. The Kier molecular flexibility index (Phi) is 2.44. The van der Waals surface area contributed by atoms with E-state index >= 15 is 0 Å². The maximum absolute atomic E-state index is 11.6. The van der Waals surface area contributed by atoms with Gasteiger partial charge >= 0.3 is 5.97 Å². The highest BCUT2D eigenvalue weighted by atomic mass is 16.5. The molecule has 0 aromatic heterocycles. The highest BCUT2D eigenvalue weighted by Crippen LogP contribution is 2.33. The first-order valence-corrected chi connectivity index (χ1v) is 5.27. The van der Waals surface area contributed by atoms with Gasteiger partial charge < -0.3 is 4.74 Å². The number of cyclic esters (lactones) is 1. The molecule has 1 fully saturated rings. The highest BCUT2D eigenvalue weighted by Gasteiger charge is 2.32. The van der Waals surface area contributed by atoms with Crippen LogP contribution in [0.3, 0.4) is 0 Å². The van der Waals surface area contributed by atoms with Crippen molar-refractivity contribution in [2.75, 3.05) is 6.61 Å². The molecule has 0 aromatic carbocycles. The minimum Gasteiger partial charge on any atom is -0.461 e. The SMILES string of the molecule is CC(C)C1=C2C(=O)OCC2C=CCC1. The van der Waals surface area contributed by atoms with E-state index in [1.165, 1.54) is 5.57 Å². The normalized spacial score (nSPS) is 26.5. The lowest BCUT2D eigenvalue weighted by Gasteiger charge is -2.12. The van der Waals surface area contributed by atoms with Gasteiger partial charge in [0, 0.05) is 11.5 Å². The van der Waals surface area contributed by atoms with Crippen LogP contribution in [0, 0.1) is 11.8 Å². The summed E-state index contributed by atoms with van der Waals surface area (Å²) in [5.41, 5.74) is 2.23. The number of hydrogen-bond acceptors (Lipinski definition) is 2. The van der Waals surface area contributed by atoms with Crippen LogP contribution in [0.25, 0.3) is 0 Å². The zero-order chi connectivity index (χ0) is 10.1. The number of fused-ring (bicyclic) bond motifs is 1. The Morgan fingerprint density at radius 1 is 1.50 bits per heavy atom. The van der Waals surface area contributed by atoms with Gasteiger partial charge in [-0.15, -0.1) is 0 Å². The summed E-state index contributed by atoms with van der Waals surface area (Å²) in [7, 11) is 0. The van der Waals surface area contributed by atoms with Gasteiger partial charge in [-0.3, -0.25) is 0 Å². The standard InChI is InChI=1S/C12H16O2/c1-8(2)10-6-4-3-5-9-7-14-12(13)11(9)10/h3,5,8-9H,4,6-7H2,1-2H3. The number of rotatable bonds is 1. The van der Waals surface area contributed by atoms with Crippen LogP contribution < -0.4 is 0 Å². The van der Waals surface area contributed by atoms with Gasteiger partial charge in [0.05, 0.1) is 0 Å². The maximum Gasteiger partial charge on any atom is 0.334 e. The summed E-state index contributed by atoms with van der Waals surface area (Å²) < 4.78 is 5.09. The van der Waals surface area contributed by atoms with E-state index in [4.69, 9.17) is 4.74 Å². The molecule has 0 aromatic rings. The third-order valence-corrected chi connectivity index (χ3v) is 2.98. The van der Waals surface area contributed by atoms with Crippen LogP contribution in [0.4, 0.5) is 0 Å². The quantitative estimate of drug-likeness (QED) is 0.471. The molecular weight excluding hydrogens is 176 g/mol. The molecule has 2 rings (SSSR count). The topological polar surface area (TPSA) is 26.3 Å². The van der Waals surface area contributed by atoms with E-state index in [0.29, 0.717) is 12.5 Å². The molecule has 1 heterocycles. The molecular formula is C12H16O2. The first-order chi connectivity index (χ1) is 6.70. The maximum atomic E-state index is 11.6. The Labute approximate surface area is 84.6 Å². The summed E-state index contributed by atoms with van der Waals surface area (Å²) in [5.74, 6) is 0.589. The zero-order valence-electron chi connectivity index (χ0n) is 8.75. The van der Waals surface area contributed by atoms with Crippen molar-refractivity contribution in [3.05, 3.63) is 23.3 Å². The van der Waals surface area contributed by atoms with Crippen molar-refractivity contribution >= 4 is 5.97 Å². The van der Waals surface area contributed by atoms with E-state index < -0.39 is 0 Å². The van der Waals surface area contributed by atoms with E-state index in [2.05, 4.69) is 26.0 Å². The molecule has 1 aliphatic heterocycles. The minimum absolute atomic E-state index is 0.0924. The molecule has 1 unspecified atom stereocenters. The molecule has 0 saturated carbocycles. The first-order valence-electron chi connectivity index (χ1n) is 5.27. The van der Waals surface area contributed by atoms with Gasteiger partial charge in [-0.1, -0.05) is 31.6 Å². The van der Waals surface area contributed by atoms with Crippen LogP contribution in [0.2, 0.25) is 0 Å². The smallest absolute Gasteiger partial charge is 0.334 e. The molecule has 2 heteroatoms. The number of esters is 1. The van der Waals surface area contributed by atoms with Gasteiger partial charge in [-0.25, -0.2) is 4.79 Å². The lowest BCUT2D eigenvalue weighted by Crippen LogP contribution is -2.07. The van der Waals surface area contributed by atoms with Gasteiger partial charge in [0.1, 0.15) is 6.61 Å². The van der Waals surface area contributed by atoms with E-state index in [1.807, 2.05) is 0 Å². The van der Waals surface area contributed by atoms with E-state index in [-0.39, 0.29) is 11.9 Å². The van der Waals surface area contributed by atoms with Crippen molar-refractivity contribution in [3.8, 4) is 0 Å². The molecule has 2 nitrogen and oxygen atoms in total. The summed E-state index contributed by atoms with van der Waals surface area (Å²) in [6.07, 6.45) is 6.35. The first kappa shape index (κ1) is 9.50. The number of hydrogen-bond donors (Lipinski definition) is 0. The summed E-state index contributed by atoms with van der Waals surface area (Å²) in [6, 6.07) is 0. The average molecular weight is 192 g/mol. The predicted octanol–water partition coefficient (Wildman–Crippen LogP) is 2.46. The average Bonchev–Trinajstić information content (AvgIpc) is 2.38. The van der Waals surface area contributed by atoms with Crippen molar-refractivity contribution in [3.63, 3.8) is 0 Å². The monoisotopic (exact) mass is 192 g/mol. The van der Waals surface area contributed by atoms with Crippen molar-refractivity contribution < 1.29 is 9.53 Å². The van der Waals surface area contributed by atoms with E-state index in [9.17, 15) is 4.79 Å². The van der Waals surface area contributed by atoms with Gasteiger partial charge in [0.25, 0.3) is 0 Å². The summed E-state index contributed by atoms with van der Waals surface area (Å²) in [5, 5.41) is 0. The third kappa shape index (κ3) is 1.49. The Morgan fingerprint density at radius 3 is 3.00 bits per heavy atom. The molecule has 1 atom stereocenters. The van der Waals surface area contributed by atoms with Crippen LogP contribution in [0.1, 0.15) is 26.7 Å². The summed E-state index contributed by atoms with van der Waals surface area (Å²) in [6.45, 7) is 4.84. The van der Waals surface area contributed by atoms with Crippen LogP contribution >= 0.6 is 0 Å². The van der Waals surface area contributed by atoms with E-state index in [1.54, 1.807) is 0 Å². The molecule has 0 N–H and O–H groups in total. The number of carbonyl (C=O) groups is 1. The molecule has 0 amide bonds. The van der Waals surface area contributed by atoms with Crippen molar-refractivity contribution in [2.24, 2.45) is 11.8 Å². The minimum atomic E-state index is -0.0924. The van der Waals surface area contributed by atoms with Gasteiger partial charge in [0.15, 0.2) is 0 Å².